The third kappa shape index (κ3) is 4.90. The van der Waals surface area contributed by atoms with Gasteiger partial charge in [-0.15, -0.1) is 0 Å². The zero-order valence-corrected chi connectivity index (χ0v) is 16.9. The lowest BCUT2D eigenvalue weighted by atomic mass is 10.2. The normalized spacial score (nSPS) is 10.7. The first kappa shape index (κ1) is 19.8. The molecule has 0 radical (unpaired) electrons. The Morgan fingerprint density at radius 1 is 1.00 bits per heavy atom. The summed E-state index contributed by atoms with van der Waals surface area (Å²) < 4.78 is 13.4. The number of fused-ring (bicyclic) bond motifs is 1. The van der Waals surface area contributed by atoms with Gasteiger partial charge in [-0.05, 0) is 48.5 Å². The topological polar surface area (TPSA) is 64.9 Å². The molecule has 1 N–H and O–H groups in total. The van der Waals surface area contributed by atoms with Gasteiger partial charge in [0.05, 0.1) is 17.8 Å². The summed E-state index contributed by atoms with van der Waals surface area (Å²) in [6.45, 7) is 0.978. The summed E-state index contributed by atoms with van der Waals surface area (Å²) >= 11 is 5.85. The molecule has 0 unspecified atom stereocenters. The van der Waals surface area contributed by atoms with Crippen molar-refractivity contribution in [3.05, 3.63) is 95.4 Å². The molecule has 0 aliphatic heterocycles. The zero-order chi connectivity index (χ0) is 20.8. The molecule has 0 fully saturated rings. The van der Waals surface area contributed by atoms with E-state index in [1.807, 2.05) is 41.1 Å². The number of imidazole rings is 1. The van der Waals surface area contributed by atoms with Crippen molar-refractivity contribution in [1.29, 1.82) is 0 Å². The second-order valence-electron chi connectivity index (χ2n) is 6.54. The Labute approximate surface area is 179 Å². The largest absolute Gasteiger partial charge is 0.492 e. The number of para-hydroxylation sites is 1. The maximum absolute atomic E-state index is 12.6. The molecule has 7 heteroatoms. The van der Waals surface area contributed by atoms with Crippen molar-refractivity contribution in [3.63, 3.8) is 0 Å². The minimum atomic E-state index is -0.222. The Kier molecular flexibility index (Phi) is 6.15. The molecule has 0 saturated heterocycles. The van der Waals surface area contributed by atoms with Gasteiger partial charge in [-0.25, -0.2) is 4.98 Å². The summed E-state index contributed by atoms with van der Waals surface area (Å²) in [6, 6.07) is 20.0. The second-order valence-corrected chi connectivity index (χ2v) is 6.98. The monoisotopic (exact) mass is 421 g/mol. The maximum atomic E-state index is 12.6. The van der Waals surface area contributed by atoms with Crippen molar-refractivity contribution in [2.45, 2.75) is 6.61 Å². The van der Waals surface area contributed by atoms with Gasteiger partial charge in [0.15, 0.2) is 0 Å². The quantitative estimate of drug-likeness (QED) is 0.429. The molecule has 1 amide bonds. The van der Waals surface area contributed by atoms with Gasteiger partial charge < -0.3 is 19.2 Å². The first-order valence-electron chi connectivity index (χ1n) is 9.50. The van der Waals surface area contributed by atoms with Gasteiger partial charge >= 0.3 is 0 Å². The van der Waals surface area contributed by atoms with Gasteiger partial charge in [0.1, 0.15) is 30.4 Å². The molecule has 2 aromatic heterocycles. The number of hydrogen-bond acceptors (Lipinski definition) is 4. The Hall–Kier alpha value is -3.51. The Morgan fingerprint density at radius 2 is 1.80 bits per heavy atom. The summed E-state index contributed by atoms with van der Waals surface area (Å²) in [4.78, 5) is 17.1. The average molecular weight is 422 g/mol. The van der Waals surface area contributed by atoms with Crippen LogP contribution >= 0.6 is 11.6 Å². The van der Waals surface area contributed by atoms with Crippen LogP contribution in [0.4, 0.5) is 0 Å². The molecule has 2 heterocycles. The molecule has 6 nitrogen and oxygen atoms in total. The van der Waals surface area contributed by atoms with Gasteiger partial charge in [0, 0.05) is 17.4 Å². The minimum absolute atomic E-state index is 0.222. The standard InChI is InChI=1S/C23H20ClN3O3/c24-17-8-10-19(11-9-17)29-14-12-25-23(28)20-5-1-2-6-21(20)30-16-18-15-27-13-4-3-7-22(27)26-18/h1-11,13,15H,12,14,16H2,(H,25,28). The predicted molar refractivity (Wildman–Crippen MR) is 115 cm³/mol. The summed E-state index contributed by atoms with van der Waals surface area (Å²) in [5, 5.41) is 3.50. The van der Waals surface area contributed by atoms with Crippen LogP contribution in [0.25, 0.3) is 5.65 Å². The van der Waals surface area contributed by atoms with Crippen molar-refractivity contribution < 1.29 is 14.3 Å². The minimum Gasteiger partial charge on any atom is -0.492 e. The van der Waals surface area contributed by atoms with Crippen LogP contribution in [0.15, 0.2) is 79.1 Å². The van der Waals surface area contributed by atoms with Crippen LogP contribution < -0.4 is 14.8 Å². The van der Waals surface area contributed by atoms with Crippen LogP contribution in [0, 0.1) is 0 Å². The van der Waals surface area contributed by atoms with E-state index < -0.39 is 0 Å². The van der Waals surface area contributed by atoms with Gasteiger partial charge in [0.25, 0.3) is 5.91 Å². The van der Waals surface area contributed by atoms with Crippen molar-refractivity contribution >= 4 is 23.2 Å². The van der Waals surface area contributed by atoms with Crippen molar-refractivity contribution in [3.8, 4) is 11.5 Å². The number of nitrogens with zero attached hydrogens (tertiary/aromatic N) is 2. The number of amides is 1. The van der Waals surface area contributed by atoms with Gasteiger partial charge in [0.2, 0.25) is 0 Å². The number of hydrogen-bond donors (Lipinski definition) is 1. The van der Waals surface area contributed by atoms with Gasteiger partial charge in [-0.3, -0.25) is 4.79 Å². The lowest BCUT2D eigenvalue weighted by molar-refractivity contribution is 0.0942. The molecule has 0 atom stereocenters. The first-order chi connectivity index (χ1) is 14.7. The van der Waals surface area contributed by atoms with Crippen LogP contribution in [0.5, 0.6) is 11.5 Å². The Balaban J connectivity index is 1.32. The average Bonchev–Trinajstić information content (AvgIpc) is 3.19. The van der Waals surface area contributed by atoms with E-state index in [1.54, 1.807) is 42.5 Å². The predicted octanol–water partition coefficient (Wildman–Crippen LogP) is 4.38. The summed E-state index contributed by atoms with van der Waals surface area (Å²) in [5.41, 5.74) is 2.10. The molecule has 0 aliphatic rings. The molecular weight excluding hydrogens is 402 g/mol. The van der Waals surface area contributed by atoms with E-state index in [0.717, 1.165) is 11.3 Å². The molecule has 0 spiro atoms. The number of aromatic nitrogens is 2. The first-order valence-corrected chi connectivity index (χ1v) is 9.88. The van der Waals surface area contributed by atoms with E-state index in [0.29, 0.717) is 35.2 Å². The molecule has 4 aromatic rings. The lowest BCUT2D eigenvalue weighted by Gasteiger charge is -2.11. The Morgan fingerprint density at radius 3 is 2.63 bits per heavy atom. The number of carbonyl (C=O) groups excluding carboxylic acids is 1. The van der Waals surface area contributed by atoms with Crippen LogP contribution in [0.1, 0.15) is 16.1 Å². The second kappa shape index (κ2) is 9.33. The number of rotatable bonds is 8. The number of halogens is 1. The lowest BCUT2D eigenvalue weighted by Crippen LogP contribution is -2.28. The van der Waals surface area contributed by atoms with Crippen LogP contribution in [0.3, 0.4) is 0 Å². The fourth-order valence-electron chi connectivity index (χ4n) is 2.95. The summed E-state index contributed by atoms with van der Waals surface area (Å²) in [7, 11) is 0. The fraction of sp³-hybridized carbons (Fsp3) is 0.130. The van der Waals surface area contributed by atoms with Gasteiger partial charge in [-0.1, -0.05) is 29.8 Å². The Bertz CT molecular complexity index is 1110. The van der Waals surface area contributed by atoms with E-state index >= 15 is 0 Å². The fourth-order valence-corrected chi connectivity index (χ4v) is 3.07. The van der Waals surface area contributed by atoms with E-state index in [4.69, 9.17) is 21.1 Å². The highest BCUT2D eigenvalue weighted by molar-refractivity contribution is 6.30. The SMILES string of the molecule is O=C(NCCOc1ccc(Cl)cc1)c1ccccc1OCc1cn2ccccc2n1. The van der Waals surface area contributed by atoms with Gasteiger partial charge in [-0.2, -0.15) is 0 Å². The molecule has 0 bridgehead atoms. The maximum Gasteiger partial charge on any atom is 0.255 e. The molecule has 0 aliphatic carbocycles. The zero-order valence-electron chi connectivity index (χ0n) is 16.1. The highest BCUT2D eigenvalue weighted by Gasteiger charge is 2.12. The third-order valence-corrected chi connectivity index (χ3v) is 4.64. The van der Waals surface area contributed by atoms with Crippen molar-refractivity contribution in [2.24, 2.45) is 0 Å². The van der Waals surface area contributed by atoms with Crippen LogP contribution in [0.2, 0.25) is 5.02 Å². The molecule has 30 heavy (non-hydrogen) atoms. The highest BCUT2D eigenvalue weighted by atomic mass is 35.5. The molecular formula is C23H20ClN3O3. The third-order valence-electron chi connectivity index (χ3n) is 4.39. The molecule has 4 rings (SSSR count). The van der Waals surface area contributed by atoms with Crippen LogP contribution in [-0.2, 0) is 6.61 Å². The van der Waals surface area contributed by atoms with E-state index in [2.05, 4.69) is 10.3 Å². The number of benzene rings is 2. The number of ether oxygens (including phenoxy) is 2. The highest BCUT2D eigenvalue weighted by Crippen LogP contribution is 2.19. The smallest absolute Gasteiger partial charge is 0.255 e. The van der Waals surface area contributed by atoms with E-state index in [9.17, 15) is 4.79 Å². The van der Waals surface area contributed by atoms with E-state index in [-0.39, 0.29) is 12.5 Å². The van der Waals surface area contributed by atoms with Crippen molar-refractivity contribution in [1.82, 2.24) is 14.7 Å². The number of pyridine rings is 1. The van der Waals surface area contributed by atoms with E-state index in [1.165, 1.54) is 0 Å². The summed E-state index contributed by atoms with van der Waals surface area (Å²) in [6.07, 6.45) is 3.84. The summed E-state index contributed by atoms with van der Waals surface area (Å²) in [5.74, 6) is 0.982. The molecule has 2 aromatic carbocycles. The van der Waals surface area contributed by atoms with Crippen molar-refractivity contribution in [2.75, 3.05) is 13.2 Å². The number of nitrogens with one attached hydrogen (secondary N) is 1. The molecule has 152 valence electrons. The van der Waals surface area contributed by atoms with Crippen LogP contribution in [-0.4, -0.2) is 28.4 Å². The molecule has 0 saturated carbocycles. The number of carbonyl (C=O) groups is 1.